The maximum absolute atomic E-state index is 13.0. The smallest absolute Gasteiger partial charge is 0.274 e. The predicted octanol–water partition coefficient (Wildman–Crippen LogP) is 3.49. The van der Waals surface area contributed by atoms with Crippen molar-refractivity contribution in [1.29, 1.82) is 0 Å². The second-order valence-corrected chi connectivity index (χ2v) is 8.55. The van der Waals surface area contributed by atoms with Crippen LogP contribution in [0.2, 0.25) is 0 Å². The van der Waals surface area contributed by atoms with E-state index in [1.54, 1.807) is 36.8 Å². The fourth-order valence-electron chi connectivity index (χ4n) is 2.98. The van der Waals surface area contributed by atoms with Crippen LogP contribution >= 0.6 is 11.7 Å². The molecule has 0 saturated carbocycles. The standard InChI is InChI=1S/C19H19N5O3S2/c1-2-3-4-14-5-10-17-18(22-28-21-17)19(14)29(25,26)23-27-16-8-6-15(7-9-16)24-12-11-20-13-24/h5-13,23H,2-4H2,1H3. The molecule has 0 saturated heterocycles. The molecule has 2 heterocycles. The number of unbranched alkanes of at least 4 members (excludes halogenated alkanes) is 1. The van der Waals surface area contributed by atoms with E-state index in [1.165, 1.54) is 0 Å². The van der Waals surface area contributed by atoms with E-state index < -0.39 is 10.0 Å². The molecule has 0 aliphatic rings. The quantitative estimate of drug-likeness (QED) is 0.431. The number of imidazole rings is 1. The zero-order valence-electron chi connectivity index (χ0n) is 15.6. The van der Waals surface area contributed by atoms with Crippen molar-refractivity contribution in [2.24, 2.45) is 0 Å². The lowest BCUT2D eigenvalue weighted by atomic mass is 10.1. The van der Waals surface area contributed by atoms with Gasteiger partial charge in [-0.15, -0.1) is 0 Å². The van der Waals surface area contributed by atoms with Crippen LogP contribution in [0, 0.1) is 0 Å². The third kappa shape index (κ3) is 4.14. The first-order valence-corrected chi connectivity index (χ1v) is 11.3. The van der Waals surface area contributed by atoms with E-state index >= 15 is 0 Å². The Bertz CT molecular complexity index is 1200. The number of sulfonamides is 1. The van der Waals surface area contributed by atoms with E-state index in [9.17, 15) is 8.42 Å². The van der Waals surface area contributed by atoms with E-state index in [1.807, 2.05) is 22.9 Å². The minimum Gasteiger partial charge on any atom is -0.394 e. The molecule has 0 spiro atoms. The molecule has 1 N–H and O–H groups in total. The van der Waals surface area contributed by atoms with Crippen LogP contribution in [-0.2, 0) is 16.4 Å². The summed E-state index contributed by atoms with van der Waals surface area (Å²) in [4.78, 5) is 11.7. The van der Waals surface area contributed by atoms with Crippen LogP contribution in [0.4, 0.5) is 0 Å². The molecule has 10 heteroatoms. The van der Waals surface area contributed by atoms with Gasteiger partial charge in [0.25, 0.3) is 10.0 Å². The van der Waals surface area contributed by atoms with Gasteiger partial charge in [-0.3, -0.25) is 0 Å². The largest absolute Gasteiger partial charge is 0.394 e. The highest BCUT2D eigenvalue weighted by molar-refractivity contribution is 7.89. The van der Waals surface area contributed by atoms with Gasteiger partial charge in [0, 0.05) is 18.1 Å². The maximum atomic E-state index is 13.0. The normalized spacial score (nSPS) is 11.8. The molecule has 0 radical (unpaired) electrons. The molecule has 29 heavy (non-hydrogen) atoms. The summed E-state index contributed by atoms with van der Waals surface area (Å²) < 4.78 is 36.3. The highest BCUT2D eigenvalue weighted by Gasteiger charge is 2.24. The monoisotopic (exact) mass is 429 g/mol. The van der Waals surface area contributed by atoms with Crippen molar-refractivity contribution in [2.75, 3.05) is 0 Å². The molecule has 150 valence electrons. The molecule has 0 amide bonds. The van der Waals surface area contributed by atoms with E-state index in [0.717, 1.165) is 30.3 Å². The van der Waals surface area contributed by atoms with Gasteiger partial charge in [0.05, 0.1) is 18.1 Å². The minimum absolute atomic E-state index is 0.132. The topological polar surface area (TPSA) is 99.0 Å². The second-order valence-electron chi connectivity index (χ2n) is 6.44. The molecular weight excluding hydrogens is 410 g/mol. The van der Waals surface area contributed by atoms with Crippen LogP contribution in [0.1, 0.15) is 25.3 Å². The molecule has 8 nitrogen and oxygen atoms in total. The predicted molar refractivity (Wildman–Crippen MR) is 111 cm³/mol. The molecule has 0 unspecified atom stereocenters. The summed E-state index contributed by atoms with van der Waals surface area (Å²) in [6.45, 7) is 2.06. The van der Waals surface area contributed by atoms with Gasteiger partial charge in [-0.05, 0) is 53.6 Å². The van der Waals surface area contributed by atoms with Crippen molar-refractivity contribution in [2.45, 2.75) is 31.1 Å². The van der Waals surface area contributed by atoms with E-state index in [2.05, 4.69) is 25.5 Å². The van der Waals surface area contributed by atoms with Crippen LogP contribution in [0.3, 0.4) is 0 Å². The van der Waals surface area contributed by atoms with E-state index in [-0.39, 0.29) is 4.90 Å². The van der Waals surface area contributed by atoms with Gasteiger partial charge in [-0.1, -0.05) is 19.4 Å². The molecule has 0 atom stereocenters. The van der Waals surface area contributed by atoms with E-state index in [4.69, 9.17) is 4.84 Å². The summed E-state index contributed by atoms with van der Waals surface area (Å²) in [5.41, 5.74) is 2.52. The number of hydrogen-bond acceptors (Lipinski definition) is 7. The van der Waals surface area contributed by atoms with Crippen molar-refractivity contribution in [1.82, 2.24) is 23.2 Å². The van der Waals surface area contributed by atoms with Crippen molar-refractivity contribution in [3.63, 3.8) is 0 Å². The van der Waals surface area contributed by atoms with Gasteiger partial charge in [-0.25, -0.2) is 13.4 Å². The lowest BCUT2D eigenvalue weighted by Gasteiger charge is -2.13. The SMILES string of the molecule is CCCCc1ccc2nsnc2c1S(=O)(=O)NOc1ccc(-n2ccnc2)cc1. The van der Waals surface area contributed by atoms with Crippen molar-refractivity contribution in [3.05, 3.63) is 60.7 Å². The Kier molecular flexibility index (Phi) is 5.56. The first-order chi connectivity index (χ1) is 14.1. The number of rotatable bonds is 8. The first kappa shape index (κ1) is 19.5. The number of fused-ring (bicyclic) bond motifs is 1. The van der Waals surface area contributed by atoms with Gasteiger partial charge in [0.1, 0.15) is 21.7 Å². The Hall–Kier alpha value is -2.82. The molecule has 4 rings (SSSR count). The fourth-order valence-corrected chi connectivity index (χ4v) is 4.79. The Labute approximate surface area is 172 Å². The molecule has 0 bridgehead atoms. The molecule has 4 aromatic rings. The summed E-state index contributed by atoms with van der Waals surface area (Å²) in [6, 6.07) is 10.6. The van der Waals surface area contributed by atoms with Gasteiger partial charge in [0.15, 0.2) is 0 Å². The van der Waals surface area contributed by atoms with Crippen molar-refractivity contribution in [3.8, 4) is 11.4 Å². The van der Waals surface area contributed by atoms with Gasteiger partial charge in [0.2, 0.25) is 0 Å². The van der Waals surface area contributed by atoms with Crippen LogP contribution in [0.25, 0.3) is 16.7 Å². The van der Waals surface area contributed by atoms with Crippen LogP contribution in [0.15, 0.2) is 60.0 Å². The third-order valence-electron chi connectivity index (χ3n) is 4.44. The van der Waals surface area contributed by atoms with Crippen molar-refractivity contribution < 1.29 is 13.3 Å². The van der Waals surface area contributed by atoms with Gasteiger partial charge >= 0.3 is 0 Å². The zero-order valence-corrected chi connectivity index (χ0v) is 17.3. The fraction of sp³-hybridized carbons (Fsp3) is 0.211. The highest BCUT2D eigenvalue weighted by atomic mass is 32.2. The molecular formula is C19H19N5O3S2. The minimum atomic E-state index is -3.95. The van der Waals surface area contributed by atoms with Crippen LogP contribution in [-0.4, -0.2) is 26.7 Å². The molecule has 0 fully saturated rings. The number of benzene rings is 2. The average Bonchev–Trinajstić information content (AvgIpc) is 3.42. The summed E-state index contributed by atoms with van der Waals surface area (Å²) in [5, 5.41) is 0. The zero-order chi connectivity index (χ0) is 20.3. The van der Waals surface area contributed by atoms with Gasteiger partial charge in [-0.2, -0.15) is 8.75 Å². The lowest BCUT2D eigenvalue weighted by molar-refractivity contribution is 0.269. The maximum Gasteiger partial charge on any atom is 0.274 e. The van der Waals surface area contributed by atoms with Gasteiger partial charge < -0.3 is 9.40 Å². The lowest BCUT2D eigenvalue weighted by Crippen LogP contribution is -2.28. The first-order valence-electron chi connectivity index (χ1n) is 9.09. The van der Waals surface area contributed by atoms with Crippen LogP contribution < -0.4 is 9.72 Å². The van der Waals surface area contributed by atoms with Crippen molar-refractivity contribution >= 4 is 32.8 Å². The molecule has 2 aromatic carbocycles. The Morgan fingerprint density at radius 3 is 2.69 bits per heavy atom. The molecule has 0 aliphatic carbocycles. The second kappa shape index (κ2) is 8.27. The Morgan fingerprint density at radius 2 is 1.97 bits per heavy atom. The number of nitrogens with zero attached hydrogens (tertiary/aromatic N) is 4. The average molecular weight is 430 g/mol. The molecule has 0 aliphatic heterocycles. The summed E-state index contributed by atoms with van der Waals surface area (Å²) in [7, 11) is -3.95. The summed E-state index contributed by atoms with van der Waals surface area (Å²) >= 11 is 0.990. The van der Waals surface area contributed by atoms with E-state index in [0.29, 0.717) is 28.8 Å². The molecule has 2 aromatic heterocycles. The number of aryl methyl sites for hydroxylation is 1. The highest BCUT2D eigenvalue weighted by Crippen LogP contribution is 2.27. The van der Waals surface area contributed by atoms with Crippen LogP contribution in [0.5, 0.6) is 5.75 Å². The third-order valence-corrected chi connectivity index (χ3v) is 6.28. The number of aromatic nitrogens is 4. The summed E-state index contributed by atoms with van der Waals surface area (Å²) in [6.07, 6.45) is 7.66. The number of nitrogens with one attached hydrogen (secondary N) is 1. The Morgan fingerprint density at radius 1 is 1.14 bits per heavy atom. The Balaban J connectivity index is 1.58. The summed E-state index contributed by atoms with van der Waals surface area (Å²) in [5.74, 6) is 0.371. The number of hydrogen-bond donors (Lipinski definition) is 1.